The van der Waals surface area contributed by atoms with Crippen LogP contribution in [0.2, 0.25) is 0 Å². The third-order valence-electron chi connectivity index (χ3n) is 4.25. The van der Waals surface area contributed by atoms with Gasteiger partial charge in [-0.3, -0.25) is 10.1 Å². The van der Waals surface area contributed by atoms with Crippen LogP contribution in [-0.4, -0.2) is 37.2 Å². The van der Waals surface area contributed by atoms with Gasteiger partial charge in [0.2, 0.25) is 5.91 Å². The van der Waals surface area contributed by atoms with Gasteiger partial charge in [-0.15, -0.1) is 0 Å². The van der Waals surface area contributed by atoms with E-state index in [9.17, 15) is 9.59 Å². The maximum Gasteiger partial charge on any atom is 0.321 e. The Morgan fingerprint density at radius 3 is 2.58 bits per heavy atom. The summed E-state index contributed by atoms with van der Waals surface area (Å²) < 4.78 is 11.0. The third kappa shape index (κ3) is 4.10. The van der Waals surface area contributed by atoms with Crippen molar-refractivity contribution in [3.05, 3.63) is 18.2 Å². The molecular weight excluding hydrogens is 310 g/mol. The number of anilines is 1. The molecule has 1 atom stereocenters. The zero-order valence-electron chi connectivity index (χ0n) is 13.8. The van der Waals surface area contributed by atoms with E-state index in [1.807, 2.05) is 6.07 Å². The highest BCUT2D eigenvalue weighted by atomic mass is 16.6. The number of hydrogen-bond donors (Lipinski definition) is 3. The fourth-order valence-electron chi connectivity index (χ4n) is 2.96. The predicted molar refractivity (Wildman–Crippen MR) is 89.4 cm³/mol. The van der Waals surface area contributed by atoms with E-state index >= 15 is 0 Å². The summed E-state index contributed by atoms with van der Waals surface area (Å²) in [5.41, 5.74) is 0.734. The van der Waals surface area contributed by atoms with Crippen molar-refractivity contribution in [1.29, 1.82) is 0 Å². The molecule has 0 saturated heterocycles. The van der Waals surface area contributed by atoms with Crippen LogP contribution in [0, 0.1) is 0 Å². The van der Waals surface area contributed by atoms with E-state index in [1.165, 1.54) is 0 Å². The lowest BCUT2D eigenvalue weighted by atomic mass is 10.2. The van der Waals surface area contributed by atoms with Crippen LogP contribution in [-0.2, 0) is 4.79 Å². The molecule has 0 bridgehead atoms. The zero-order valence-corrected chi connectivity index (χ0v) is 13.8. The predicted octanol–water partition coefficient (Wildman–Crippen LogP) is 2.03. The molecule has 3 rings (SSSR count). The Balaban J connectivity index is 1.51. The maximum atomic E-state index is 12.1. The highest BCUT2D eigenvalue weighted by molar-refractivity contribution is 5.98. The smallest absolute Gasteiger partial charge is 0.321 e. The lowest BCUT2D eigenvalue weighted by Gasteiger charge is -2.20. The molecule has 0 unspecified atom stereocenters. The molecule has 1 heterocycles. The summed E-state index contributed by atoms with van der Waals surface area (Å²) in [6, 6.07) is 4.60. The summed E-state index contributed by atoms with van der Waals surface area (Å²) in [5, 5.41) is 8.28. The number of amides is 3. The van der Waals surface area contributed by atoms with Crippen LogP contribution in [0.4, 0.5) is 10.5 Å². The normalized spacial score (nSPS) is 17.9. The van der Waals surface area contributed by atoms with Crippen LogP contribution in [0.1, 0.15) is 32.6 Å². The van der Waals surface area contributed by atoms with E-state index in [0.29, 0.717) is 24.7 Å². The number of urea groups is 1. The lowest BCUT2D eigenvalue weighted by Crippen LogP contribution is -2.48. The summed E-state index contributed by atoms with van der Waals surface area (Å²) in [6.07, 6.45) is 4.21. The second-order valence-electron chi connectivity index (χ2n) is 6.17. The summed E-state index contributed by atoms with van der Waals surface area (Å²) >= 11 is 0. The van der Waals surface area contributed by atoms with Gasteiger partial charge in [0.15, 0.2) is 11.5 Å². The average molecular weight is 333 g/mol. The van der Waals surface area contributed by atoms with Gasteiger partial charge < -0.3 is 20.1 Å². The van der Waals surface area contributed by atoms with Crippen LogP contribution in [0.3, 0.4) is 0 Å². The first kappa shape index (κ1) is 16.4. The number of hydrogen-bond acceptors (Lipinski definition) is 5. The standard InChI is InChI=1S/C17H23N3O4/c1-11(16(21)20-17(22)19-12-4-2-3-5-12)18-13-6-7-14-15(10-13)24-9-8-23-14/h6-7,10-12,18H,2-5,8-9H2,1H3,(H2,19,20,21,22)/t11-/m1/s1. The Bertz CT molecular complexity index is 614. The number of carbonyl (C=O) groups excluding carboxylic acids is 2. The van der Waals surface area contributed by atoms with Gasteiger partial charge in [-0.2, -0.15) is 0 Å². The Labute approximate surface area is 141 Å². The molecule has 0 radical (unpaired) electrons. The summed E-state index contributed by atoms with van der Waals surface area (Å²) in [5.74, 6) is 0.970. The summed E-state index contributed by atoms with van der Waals surface area (Å²) in [7, 11) is 0. The fraction of sp³-hybridized carbons (Fsp3) is 0.529. The number of rotatable bonds is 4. The summed E-state index contributed by atoms with van der Waals surface area (Å²) in [4.78, 5) is 24.0. The molecule has 1 saturated carbocycles. The van der Waals surface area contributed by atoms with Crippen molar-refractivity contribution in [2.45, 2.75) is 44.7 Å². The monoisotopic (exact) mass is 333 g/mol. The molecule has 3 N–H and O–H groups in total. The van der Waals surface area contributed by atoms with Gasteiger partial charge in [-0.05, 0) is 31.9 Å². The van der Waals surface area contributed by atoms with Crippen LogP contribution in [0.25, 0.3) is 0 Å². The SMILES string of the molecule is C[C@@H](Nc1ccc2c(c1)OCCO2)C(=O)NC(=O)NC1CCCC1. The van der Waals surface area contributed by atoms with E-state index in [1.54, 1.807) is 19.1 Å². The minimum atomic E-state index is -0.554. The highest BCUT2D eigenvalue weighted by Gasteiger charge is 2.21. The van der Waals surface area contributed by atoms with Gasteiger partial charge in [0.1, 0.15) is 19.3 Å². The van der Waals surface area contributed by atoms with Gasteiger partial charge in [-0.1, -0.05) is 12.8 Å². The van der Waals surface area contributed by atoms with Crippen molar-refractivity contribution in [3.8, 4) is 11.5 Å². The first-order valence-corrected chi connectivity index (χ1v) is 8.39. The first-order chi connectivity index (χ1) is 11.6. The third-order valence-corrected chi connectivity index (χ3v) is 4.25. The van der Waals surface area contributed by atoms with Crippen molar-refractivity contribution in [2.75, 3.05) is 18.5 Å². The number of ether oxygens (including phenoxy) is 2. The molecule has 3 amide bonds. The Morgan fingerprint density at radius 1 is 1.12 bits per heavy atom. The van der Waals surface area contributed by atoms with Gasteiger partial charge in [0.25, 0.3) is 0 Å². The average Bonchev–Trinajstić information content (AvgIpc) is 3.07. The second kappa shape index (κ2) is 7.42. The fourth-order valence-corrected chi connectivity index (χ4v) is 2.96. The second-order valence-corrected chi connectivity index (χ2v) is 6.17. The van der Waals surface area contributed by atoms with E-state index < -0.39 is 12.1 Å². The zero-order chi connectivity index (χ0) is 16.9. The molecule has 1 aliphatic heterocycles. The van der Waals surface area contributed by atoms with Gasteiger partial charge in [0.05, 0.1) is 0 Å². The van der Waals surface area contributed by atoms with Crippen molar-refractivity contribution >= 4 is 17.6 Å². The number of fused-ring (bicyclic) bond motifs is 1. The topological polar surface area (TPSA) is 88.7 Å². The molecule has 1 fully saturated rings. The van der Waals surface area contributed by atoms with Crippen LogP contribution >= 0.6 is 0 Å². The minimum absolute atomic E-state index is 0.179. The van der Waals surface area contributed by atoms with E-state index in [4.69, 9.17) is 9.47 Å². The number of benzene rings is 1. The quantitative estimate of drug-likeness (QED) is 0.784. The van der Waals surface area contributed by atoms with E-state index in [-0.39, 0.29) is 11.9 Å². The molecule has 0 aromatic heterocycles. The minimum Gasteiger partial charge on any atom is -0.486 e. The largest absolute Gasteiger partial charge is 0.486 e. The molecule has 1 aliphatic carbocycles. The van der Waals surface area contributed by atoms with Gasteiger partial charge in [0, 0.05) is 17.8 Å². The van der Waals surface area contributed by atoms with Gasteiger partial charge in [-0.25, -0.2) is 4.79 Å². The Morgan fingerprint density at radius 2 is 1.83 bits per heavy atom. The van der Waals surface area contributed by atoms with E-state index in [0.717, 1.165) is 31.4 Å². The molecule has 1 aromatic rings. The molecule has 7 heteroatoms. The van der Waals surface area contributed by atoms with Crippen molar-refractivity contribution in [2.24, 2.45) is 0 Å². The maximum absolute atomic E-state index is 12.1. The molecule has 2 aliphatic rings. The Hall–Kier alpha value is -2.44. The van der Waals surface area contributed by atoms with Crippen molar-refractivity contribution in [1.82, 2.24) is 10.6 Å². The molecular formula is C17H23N3O4. The van der Waals surface area contributed by atoms with Crippen LogP contribution in [0.15, 0.2) is 18.2 Å². The van der Waals surface area contributed by atoms with Crippen LogP contribution < -0.4 is 25.4 Å². The number of nitrogens with one attached hydrogen (secondary N) is 3. The summed E-state index contributed by atoms with van der Waals surface area (Å²) in [6.45, 7) is 2.75. The highest BCUT2D eigenvalue weighted by Crippen LogP contribution is 2.32. The van der Waals surface area contributed by atoms with Gasteiger partial charge >= 0.3 is 6.03 Å². The first-order valence-electron chi connectivity index (χ1n) is 8.39. The van der Waals surface area contributed by atoms with Crippen LogP contribution in [0.5, 0.6) is 11.5 Å². The molecule has 1 aromatic carbocycles. The molecule has 130 valence electrons. The molecule has 0 spiro atoms. The molecule has 7 nitrogen and oxygen atoms in total. The lowest BCUT2D eigenvalue weighted by molar-refractivity contribution is -0.120. The number of imide groups is 1. The van der Waals surface area contributed by atoms with Crippen molar-refractivity contribution in [3.63, 3.8) is 0 Å². The van der Waals surface area contributed by atoms with Crippen molar-refractivity contribution < 1.29 is 19.1 Å². The Kier molecular flexibility index (Phi) is 5.08. The number of carbonyl (C=O) groups is 2. The van der Waals surface area contributed by atoms with E-state index in [2.05, 4.69) is 16.0 Å². The molecule has 24 heavy (non-hydrogen) atoms.